The van der Waals surface area contributed by atoms with Crippen LogP contribution in [0.25, 0.3) is 0 Å². The van der Waals surface area contributed by atoms with Gasteiger partial charge in [0.25, 0.3) is 5.91 Å². The number of amides is 3. The summed E-state index contributed by atoms with van der Waals surface area (Å²) in [7, 11) is 3.98. The molecule has 27 heavy (non-hydrogen) atoms. The van der Waals surface area contributed by atoms with Gasteiger partial charge in [0.15, 0.2) is 0 Å². The molecule has 1 fully saturated rings. The molecule has 0 radical (unpaired) electrons. The molecule has 1 aromatic rings. The van der Waals surface area contributed by atoms with Gasteiger partial charge in [-0.15, -0.1) is 0 Å². The van der Waals surface area contributed by atoms with Crippen molar-refractivity contribution in [2.45, 2.75) is 52.6 Å². The number of carbonyl (C=O) groups excluding carboxylic acids is 2. The van der Waals surface area contributed by atoms with E-state index in [0.717, 1.165) is 30.8 Å². The van der Waals surface area contributed by atoms with E-state index in [4.69, 9.17) is 0 Å². The molecule has 0 aliphatic carbocycles. The average Bonchev–Trinajstić information content (AvgIpc) is 2.82. The molecule has 0 aromatic heterocycles. The monoisotopic (exact) mass is 374 g/mol. The molecule has 1 heterocycles. The third-order valence-corrected chi connectivity index (χ3v) is 5.79. The van der Waals surface area contributed by atoms with Crippen LogP contribution in [0.4, 0.5) is 10.5 Å². The number of hydrogen-bond donors (Lipinski definition) is 2. The molecule has 6 nitrogen and oxygen atoms in total. The SMILES string of the molecule is Cc1cc(C(=O)NC(C)C)ccc1NC(=O)N(C)CC1CCN(C)C1(C)C. The summed E-state index contributed by atoms with van der Waals surface area (Å²) < 4.78 is 0. The van der Waals surface area contributed by atoms with Gasteiger partial charge in [0, 0.05) is 36.4 Å². The van der Waals surface area contributed by atoms with Gasteiger partial charge in [-0.1, -0.05) is 0 Å². The normalized spacial score (nSPS) is 19.2. The van der Waals surface area contributed by atoms with Crippen molar-refractivity contribution in [1.29, 1.82) is 0 Å². The molecule has 0 saturated carbocycles. The van der Waals surface area contributed by atoms with E-state index in [1.54, 1.807) is 17.0 Å². The standard InChI is InChI=1S/C21H34N4O2/c1-14(2)22-19(26)16-8-9-18(15(3)12-16)23-20(27)24(6)13-17-10-11-25(7)21(17,4)5/h8-9,12,14,17H,10-11,13H2,1-7H3,(H,22,26)(H,23,27). The van der Waals surface area contributed by atoms with Crippen LogP contribution in [0, 0.1) is 12.8 Å². The number of benzene rings is 1. The molecular formula is C21H34N4O2. The average molecular weight is 375 g/mol. The van der Waals surface area contributed by atoms with E-state index in [2.05, 4.69) is 36.4 Å². The maximum Gasteiger partial charge on any atom is 0.321 e. The zero-order valence-corrected chi connectivity index (χ0v) is 17.7. The van der Waals surface area contributed by atoms with Crippen LogP contribution in [-0.4, -0.2) is 60.5 Å². The molecule has 0 bridgehead atoms. The first-order valence-corrected chi connectivity index (χ1v) is 9.67. The minimum absolute atomic E-state index is 0.0877. The highest BCUT2D eigenvalue weighted by molar-refractivity contribution is 5.96. The lowest BCUT2D eigenvalue weighted by atomic mass is 9.88. The Morgan fingerprint density at radius 1 is 1.33 bits per heavy atom. The summed E-state index contributed by atoms with van der Waals surface area (Å²) in [5.74, 6) is 0.345. The molecule has 1 aliphatic heterocycles. The highest BCUT2D eigenvalue weighted by atomic mass is 16.2. The predicted octanol–water partition coefficient (Wildman–Crippen LogP) is 3.33. The van der Waals surface area contributed by atoms with Crippen molar-refractivity contribution in [2.24, 2.45) is 5.92 Å². The Balaban J connectivity index is 2.00. The molecule has 1 atom stereocenters. The lowest BCUT2D eigenvalue weighted by Crippen LogP contribution is -2.45. The maximum absolute atomic E-state index is 12.6. The van der Waals surface area contributed by atoms with Crippen LogP contribution < -0.4 is 10.6 Å². The first-order chi connectivity index (χ1) is 12.5. The molecule has 150 valence electrons. The number of aryl methyl sites for hydroxylation is 1. The van der Waals surface area contributed by atoms with Crippen LogP contribution in [0.15, 0.2) is 18.2 Å². The summed E-state index contributed by atoms with van der Waals surface area (Å²) in [5, 5.41) is 5.85. The summed E-state index contributed by atoms with van der Waals surface area (Å²) in [6, 6.07) is 5.31. The molecule has 2 N–H and O–H groups in total. The third-order valence-electron chi connectivity index (χ3n) is 5.79. The summed E-state index contributed by atoms with van der Waals surface area (Å²) >= 11 is 0. The lowest BCUT2D eigenvalue weighted by Gasteiger charge is -2.35. The number of anilines is 1. The molecule has 1 saturated heterocycles. The van der Waals surface area contributed by atoms with Gasteiger partial charge in [0.1, 0.15) is 0 Å². The Kier molecular flexibility index (Phi) is 6.52. The fourth-order valence-corrected chi connectivity index (χ4v) is 3.53. The van der Waals surface area contributed by atoms with Crippen LogP contribution in [-0.2, 0) is 0 Å². The molecule has 6 heteroatoms. The summed E-state index contributed by atoms with van der Waals surface area (Å²) in [6.07, 6.45) is 1.10. The van der Waals surface area contributed by atoms with E-state index >= 15 is 0 Å². The number of nitrogens with one attached hydrogen (secondary N) is 2. The Morgan fingerprint density at radius 3 is 2.52 bits per heavy atom. The fourth-order valence-electron chi connectivity index (χ4n) is 3.53. The number of urea groups is 1. The number of carbonyl (C=O) groups is 2. The van der Waals surface area contributed by atoms with E-state index in [0.29, 0.717) is 11.5 Å². The van der Waals surface area contributed by atoms with Gasteiger partial charge < -0.3 is 20.4 Å². The molecule has 1 aromatic carbocycles. The van der Waals surface area contributed by atoms with Gasteiger partial charge in [-0.3, -0.25) is 4.79 Å². The van der Waals surface area contributed by atoms with Crippen molar-refractivity contribution >= 4 is 17.6 Å². The second-order valence-corrected chi connectivity index (χ2v) is 8.53. The van der Waals surface area contributed by atoms with Gasteiger partial charge in [-0.2, -0.15) is 0 Å². The van der Waals surface area contributed by atoms with Crippen LogP contribution in [0.5, 0.6) is 0 Å². The lowest BCUT2D eigenvalue weighted by molar-refractivity contribution is 0.0943. The molecule has 1 aliphatic rings. The predicted molar refractivity (Wildman–Crippen MR) is 110 cm³/mol. The number of likely N-dealkylation sites (tertiary alicyclic amines) is 1. The van der Waals surface area contributed by atoms with Gasteiger partial charge in [-0.05, 0) is 84.3 Å². The largest absolute Gasteiger partial charge is 0.350 e. The van der Waals surface area contributed by atoms with Crippen molar-refractivity contribution in [3.05, 3.63) is 29.3 Å². The Morgan fingerprint density at radius 2 is 2.00 bits per heavy atom. The van der Waals surface area contributed by atoms with Crippen molar-refractivity contribution in [3.8, 4) is 0 Å². The third kappa shape index (κ3) is 5.01. The van der Waals surface area contributed by atoms with Crippen LogP contribution in [0.3, 0.4) is 0 Å². The summed E-state index contributed by atoms with van der Waals surface area (Å²) in [6.45, 7) is 12.0. The molecular weight excluding hydrogens is 340 g/mol. The topological polar surface area (TPSA) is 64.7 Å². The zero-order chi connectivity index (χ0) is 20.4. The summed E-state index contributed by atoms with van der Waals surface area (Å²) in [4.78, 5) is 28.9. The quantitative estimate of drug-likeness (QED) is 0.831. The van der Waals surface area contributed by atoms with Gasteiger partial charge >= 0.3 is 6.03 Å². The Bertz CT molecular complexity index is 699. The molecule has 1 unspecified atom stereocenters. The van der Waals surface area contributed by atoms with Gasteiger partial charge in [0.05, 0.1) is 0 Å². The van der Waals surface area contributed by atoms with E-state index in [9.17, 15) is 9.59 Å². The van der Waals surface area contributed by atoms with Crippen LogP contribution >= 0.6 is 0 Å². The second-order valence-electron chi connectivity index (χ2n) is 8.53. The van der Waals surface area contributed by atoms with Crippen LogP contribution in [0.1, 0.15) is 50.0 Å². The van der Waals surface area contributed by atoms with Gasteiger partial charge in [-0.25, -0.2) is 4.79 Å². The van der Waals surface area contributed by atoms with E-state index < -0.39 is 0 Å². The number of nitrogens with zero attached hydrogens (tertiary/aromatic N) is 2. The van der Waals surface area contributed by atoms with Crippen molar-refractivity contribution < 1.29 is 9.59 Å². The minimum atomic E-state index is -0.122. The fraction of sp³-hybridized carbons (Fsp3) is 0.619. The van der Waals surface area contributed by atoms with E-state index in [1.807, 2.05) is 33.9 Å². The van der Waals surface area contributed by atoms with E-state index in [-0.39, 0.29) is 23.5 Å². The second kappa shape index (κ2) is 8.30. The molecule has 3 amide bonds. The first-order valence-electron chi connectivity index (χ1n) is 9.67. The maximum atomic E-state index is 12.6. The highest BCUT2D eigenvalue weighted by Gasteiger charge is 2.39. The van der Waals surface area contributed by atoms with Crippen molar-refractivity contribution in [3.63, 3.8) is 0 Å². The van der Waals surface area contributed by atoms with Crippen molar-refractivity contribution in [2.75, 3.05) is 32.5 Å². The Hall–Kier alpha value is -2.08. The van der Waals surface area contributed by atoms with Crippen molar-refractivity contribution in [1.82, 2.24) is 15.1 Å². The highest BCUT2D eigenvalue weighted by Crippen LogP contribution is 2.33. The molecule has 0 spiro atoms. The van der Waals surface area contributed by atoms with E-state index in [1.165, 1.54) is 0 Å². The number of rotatable bonds is 5. The first kappa shape index (κ1) is 21.2. The Labute approximate surface area is 163 Å². The molecule has 2 rings (SSSR count). The van der Waals surface area contributed by atoms with Gasteiger partial charge in [0.2, 0.25) is 0 Å². The summed E-state index contributed by atoms with van der Waals surface area (Å²) in [5.41, 5.74) is 2.30. The smallest absolute Gasteiger partial charge is 0.321 e. The minimum Gasteiger partial charge on any atom is -0.350 e. The zero-order valence-electron chi connectivity index (χ0n) is 17.7. The van der Waals surface area contributed by atoms with Crippen LogP contribution in [0.2, 0.25) is 0 Å². The number of hydrogen-bond acceptors (Lipinski definition) is 3.